The Morgan fingerprint density at radius 1 is 1.14 bits per heavy atom. The Kier molecular flexibility index (Phi) is 9.96. The monoisotopic (exact) mass is 328 g/mol. The average Bonchev–Trinajstić information content (AvgIpc) is 2.53. The summed E-state index contributed by atoms with van der Waals surface area (Å²) < 4.78 is 0. The molecule has 0 aromatic heterocycles. The van der Waals surface area contributed by atoms with Crippen LogP contribution in [0.4, 0.5) is 0 Å². The predicted molar refractivity (Wildman–Crippen MR) is 101 cm³/mol. The average molecular weight is 329 g/mol. The van der Waals surface area contributed by atoms with Gasteiger partial charge in [0.15, 0.2) is 5.96 Å². The molecule has 22 heavy (non-hydrogen) atoms. The molecule has 0 bridgehead atoms. The first-order valence-electron chi connectivity index (χ1n) is 8.86. The van der Waals surface area contributed by atoms with Crippen molar-refractivity contribution < 1.29 is 0 Å². The minimum absolute atomic E-state index is 0.154. The minimum Gasteiger partial charge on any atom is -0.357 e. The van der Waals surface area contributed by atoms with Gasteiger partial charge in [-0.05, 0) is 71.6 Å². The fraction of sp³-hybridized carbons (Fsp3) is 0.941. The number of guanidine groups is 1. The lowest BCUT2D eigenvalue weighted by Gasteiger charge is -2.40. The highest BCUT2D eigenvalue weighted by Crippen LogP contribution is 2.20. The van der Waals surface area contributed by atoms with E-state index < -0.39 is 0 Å². The zero-order valence-corrected chi connectivity index (χ0v) is 15.9. The van der Waals surface area contributed by atoms with Crippen LogP contribution in [0.25, 0.3) is 0 Å². The molecule has 1 heterocycles. The summed E-state index contributed by atoms with van der Waals surface area (Å²) in [5.41, 5.74) is 0.154. The van der Waals surface area contributed by atoms with Gasteiger partial charge in [0.05, 0.1) is 6.54 Å². The lowest BCUT2D eigenvalue weighted by Crippen LogP contribution is -2.49. The number of likely N-dealkylation sites (tertiary alicyclic amines) is 1. The van der Waals surface area contributed by atoms with E-state index in [4.69, 9.17) is 4.99 Å². The summed E-state index contributed by atoms with van der Waals surface area (Å²) in [6, 6.07) is 0. The van der Waals surface area contributed by atoms with E-state index in [0.717, 1.165) is 25.6 Å². The Morgan fingerprint density at radius 2 is 1.86 bits per heavy atom. The normalized spacial score (nSPS) is 17.5. The van der Waals surface area contributed by atoms with E-state index in [1.54, 1.807) is 0 Å². The molecule has 4 nitrogen and oxygen atoms in total. The summed E-state index contributed by atoms with van der Waals surface area (Å²) in [5, 5.41) is 6.83. The number of hydrogen-bond acceptors (Lipinski definition) is 3. The molecule has 0 aliphatic carbocycles. The molecule has 0 spiro atoms. The molecule has 1 aliphatic rings. The van der Waals surface area contributed by atoms with Crippen molar-refractivity contribution >= 4 is 17.7 Å². The predicted octanol–water partition coefficient (Wildman–Crippen LogP) is 2.95. The zero-order chi connectivity index (χ0) is 16.3. The van der Waals surface area contributed by atoms with Crippen LogP contribution < -0.4 is 10.6 Å². The van der Waals surface area contributed by atoms with Gasteiger partial charge in [0.25, 0.3) is 0 Å². The van der Waals surface area contributed by atoms with Gasteiger partial charge < -0.3 is 10.6 Å². The fourth-order valence-electron chi connectivity index (χ4n) is 2.79. The Balaban J connectivity index is 2.41. The molecule has 1 saturated heterocycles. The first kappa shape index (κ1) is 19.6. The number of nitrogens with one attached hydrogen (secondary N) is 2. The summed E-state index contributed by atoms with van der Waals surface area (Å²) in [6.07, 6.45) is 8.70. The molecule has 2 N–H and O–H groups in total. The standard InChI is InChI=1S/C17H36N4S/c1-5-18-16(19-11-7-10-14-22-4)20-15-17(2,3)21-12-8-6-9-13-21/h5-15H2,1-4H3,(H2,18,19,20). The molecule has 0 radical (unpaired) electrons. The summed E-state index contributed by atoms with van der Waals surface area (Å²) in [7, 11) is 0. The van der Waals surface area contributed by atoms with Crippen LogP contribution in [0.1, 0.15) is 52.9 Å². The molecule has 0 aromatic rings. The highest BCUT2D eigenvalue weighted by atomic mass is 32.2. The van der Waals surface area contributed by atoms with Crippen molar-refractivity contribution in [1.29, 1.82) is 0 Å². The number of thioether (sulfide) groups is 1. The Bertz CT molecular complexity index is 312. The van der Waals surface area contributed by atoms with Gasteiger partial charge in [-0.1, -0.05) is 6.42 Å². The van der Waals surface area contributed by atoms with Crippen molar-refractivity contribution in [3.05, 3.63) is 0 Å². The van der Waals surface area contributed by atoms with Crippen LogP contribution in [-0.4, -0.2) is 61.1 Å². The molecule has 130 valence electrons. The summed E-state index contributed by atoms with van der Waals surface area (Å²) in [4.78, 5) is 7.42. The van der Waals surface area contributed by atoms with E-state index in [2.05, 4.69) is 42.6 Å². The maximum Gasteiger partial charge on any atom is 0.191 e. The highest BCUT2D eigenvalue weighted by Gasteiger charge is 2.27. The zero-order valence-electron chi connectivity index (χ0n) is 15.1. The second-order valence-corrected chi connectivity index (χ2v) is 7.67. The van der Waals surface area contributed by atoms with Crippen molar-refractivity contribution in [3.8, 4) is 0 Å². The van der Waals surface area contributed by atoms with E-state index in [0.29, 0.717) is 0 Å². The van der Waals surface area contributed by atoms with Crippen molar-refractivity contribution in [2.45, 2.75) is 58.4 Å². The molecule has 1 rings (SSSR count). The maximum atomic E-state index is 4.83. The largest absolute Gasteiger partial charge is 0.357 e. The van der Waals surface area contributed by atoms with Crippen LogP contribution in [0.2, 0.25) is 0 Å². The molecule has 0 amide bonds. The van der Waals surface area contributed by atoms with Gasteiger partial charge in [0.2, 0.25) is 0 Å². The number of rotatable bonds is 9. The molecular formula is C17H36N4S. The molecule has 5 heteroatoms. The minimum atomic E-state index is 0.154. The topological polar surface area (TPSA) is 39.7 Å². The molecule has 0 atom stereocenters. The first-order valence-corrected chi connectivity index (χ1v) is 10.3. The number of hydrogen-bond donors (Lipinski definition) is 2. The lowest BCUT2D eigenvalue weighted by molar-refractivity contribution is 0.102. The van der Waals surface area contributed by atoms with Crippen molar-refractivity contribution in [2.24, 2.45) is 4.99 Å². The van der Waals surface area contributed by atoms with Gasteiger partial charge in [-0.2, -0.15) is 11.8 Å². The number of piperidine rings is 1. The van der Waals surface area contributed by atoms with Gasteiger partial charge in [0.1, 0.15) is 0 Å². The SMILES string of the molecule is CCNC(=NCC(C)(C)N1CCCCC1)NCCCCSC. The fourth-order valence-corrected chi connectivity index (χ4v) is 3.28. The molecule has 0 saturated carbocycles. The van der Waals surface area contributed by atoms with Gasteiger partial charge >= 0.3 is 0 Å². The number of unbranched alkanes of at least 4 members (excludes halogenated alkanes) is 1. The van der Waals surface area contributed by atoms with Crippen LogP contribution >= 0.6 is 11.8 Å². The van der Waals surface area contributed by atoms with Gasteiger partial charge in [-0.3, -0.25) is 9.89 Å². The molecular weight excluding hydrogens is 292 g/mol. The number of aliphatic imine (C=N–C) groups is 1. The van der Waals surface area contributed by atoms with E-state index in [1.165, 1.54) is 50.9 Å². The second kappa shape index (κ2) is 11.2. The third kappa shape index (κ3) is 7.73. The Hall–Kier alpha value is -0.420. The van der Waals surface area contributed by atoms with Crippen LogP contribution in [-0.2, 0) is 0 Å². The van der Waals surface area contributed by atoms with Crippen LogP contribution in [0.3, 0.4) is 0 Å². The van der Waals surface area contributed by atoms with Gasteiger partial charge in [0, 0.05) is 18.6 Å². The summed E-state index contributed by atoms with van der Waals surface area (Å²) >= 11 is 1.92. The van der Waals surface area contributed by atoms with E-state index >= 15 is 0 Å². The number of nitrogens with zero attached hydrogens (tertiary/aromatic N) is 2. The molecule has 1 aliphatic heterocycles. The highest BCUT2D eigenvalue weighted by molar-refractivity contribution is 7.98. The van der Waals surface area contributed by atoms with Crippen molar-refractivity contribution in [1.82, 2.24) is 15.5 Å². The van der Waals surface area contributed by atoms with Crippen LogP contribution in [0.15, 0.2) is 4.99 Å². The Morgan fingerprint density at radius 3 is 2.50 bits per heavy atom. The lowest BCUT2D eigenvalue weighted by atomic mass is 9.99. The third-order valence-corrected chi connectivity index (χ3v) is 4.95. The molecule has 0 aromatic carbocycles. The molecule has 1 fully saturated rings. The summed E-state index contributed by atoms with van der Waals surface area (Å²) in [5.74, 6) is 2.22. The van der Waals surface area contributed by atoms with Crippen molar-refractivity contribution in [2.75, 3.05) is 44.7 Å². The molecule has 0 unspecified atom stereocenters. The summed E-state index contributed by atoms with van der Waals surface area (Å²) in [6.45, 7) is 12.0. The smallest absolute Gasteiger partial charge is 0.191 e. The van der Waals surface area contributed by atoms with Crippen LogP contribution in [0.5, 0.6) is 0 Å². The van der Waals surface area contributed by atoms with Crippen LogP contribution in [0, 0.1) is 0 Å². The Labute approximate surface area is 141 Å². The van der Waals surface area contributed by atoms with Gasteiger partial charge in [-0.15, -0.1) is 0 Å². The first-order chi connectivity index (χ1) is 10.6. The third-order valence-electron chi connectivity index (χ3n) is 4.25. The quantitative estimate of drug-likeness (QED) is 0.388. The van der Waals surface area contributed by atoms with E-state index in [1.807, 2.05) is 11.8 Å². The van der Waals surface area contributed by atoms with E-state index in [9.17, 15) is 0 Å². The maximum absolute atomic E-state index is 4.83. The van der Waals surface area contributed by atoms with E-state index in [-0.39, 0.29) is 5.54 Å². The second-order valence-electron chi connectivity index (χ2n) is 6.68. The van der Waals surface area contributed by atoms with Crippen molar-refractivity contribution in [3.63, 3.8) is 0 Å². The van der Waals surface area contributed by atoms with Gasteiger partial charge in [-0.25, -0.2) is 0 Å².